The average Bonchev–Trinajstić information content (AvgIpc) is 3.02. The van der Waals surface area contributed by atoms with Gasteiger partial charge in [-0.3, -0.25) is 4.40 Å². The van der Waals surface area contributed by atoms with Gasteiger partial charge in [0.05, 0.1) is 11.8 Å². The van der Waals surface area contributed by atoms with Crippen LogP contribution in [0.2, 0.25) is 0 Å². The molecule has 1 N–H and O–H groups in total. The number of nitrogens with zero attached hydrogens (tertiary/aromatic N) is 3. The van der Waals surface area contributed by atoms with E-state index in [4.69, 9.17) is 9.72 Å². The van der Waals surface area contributed by atoms with Crippen LogP contribution >= 0.6 is 11.3 Å². The van der Waals surface area contributed by atoms with Crippen LogP contribution in [-0.4, -0.2) is 42.7 Å². The number of thiazole rings is 1. The number of hydrogen-bond acceptors (Lipinski definition) is 5. The quantitative estimate of drug-likeness (QED) is 0.926. The summed E-state index contributed by atoms with van der Waals surface area (Å²) in [5, 5.41) is 5.33. The molecule has 1 saturated heterocycles. The molecule has 0 aliphatic carbocycles. The van der Waals surface area contributed by atoms with E-state index in [1.165, 1.54) is 5.69 Å². The molecule has 0 unspecified atom stereocenters. The van der Waals surface area contributed by atoms with Crippen molar-refractivity contribution < 1.29 is 4.74 Å². The van der Waals surface area contributed by atoms with E-state index in [1.54, 1.807) is 18.4 Å². The van der Waals surface area contributed by atoms with E-state index < -0.39 is 0 Å². The third-order valence-corrected chi connectivity index (χ3v) is 4.52. The van der Waals surface area contributed by atoms with E-state index in [-0.39, 0.29) is 0 Å². The number of rotatable bonds is 4. The van der Waals surface area contributed by atoms with Gasteiger partial charge >= 0.3 is 0 Å². The average molecular weight is 280 g/mol. The number of ether oxygens (including phenoxy) is 1. The van der Waals surface area contributed by atoms with Gasteiger partial charge in [0.2, 0.25) is 0 Å². The van der Waals surface area contributed by atoms with Crippen molar-refractivity contribution in [3.8, 4) is 0 Å². The number of anilines is 1. The van der Waals surface area contributed by atoms with Crippen molar-refractivity contribution >= 4 is 22.1 Å². The van der Waals surface area contributed by atoms with Crippen molar-refractivity contribution in [1.29, 1.82) is 0 Å². The highest BCUT2D eigenvalue weighted by atomic mass is 32.1. The molecule has 0 aromatic carbocycles. The standard InChI is InChI=1S/C13H20N4OS/c1-14-9-11-12(15-13-17(11)7-8-19-13)16-5-3-10(18-2)4-6-16/h7-8,10,14H,3-6,9H2,1-2H3. The Labute approximate surface area is 117 Å². The van der Waals surface area contributed by atoms with Crippen LogP contribution < -0.4 is 10.2 Å². The van der Waals surface area contributed by atoms with Crippen LogP contribution in [0, 0.1) is 0 Å². The van der Waals surface area contributed by atoms with Gasteiger partial charge in [-0.05, 0) is 19.9 Å². The highest BCUT2D eigenvalue weighted by molar-refractivity contribution is 7.15. The van der Waals surface area contributed by atoms with Crippen LogP contribution in [0.15, 0.2) is 11.6 Å². The van der Waals surface area contributed by atoms with Crippen molar-refractivity contribution in [1.82, 2.24) is 14.7 Å². The van der Waals surface area contributed by atoms with Crippen molar-refractivity contribution in [2.24, 2.45) is 0 Å². The predicted molar refractivity (Wildman–Crippen MR) is 78.1 cm³/mol. The van der Waals surface area contributed by atoms with Gasteiger partial charge in [0.1, 0.15) is 0 Å². The first kappa shape index (κ1) is 12.9. The molecule has 0 atom stereocenters. The summed E-state index contributed by atoms with van der Waals surface area (Å²) in [7, 11) is 3.78. The van der Waals surface area contributed by atoms with Crippen LogP contribution in [0.5, 0.6) is 0 Å². The molecule has 0 amide bonds. The minimum absolute atomic E-state index is 0.410. The van der Waals surface area contributed by atoms with Crippen molar-refractivity contribution in [3.63, 3.8) is 0 Å². The number of piperidine rings is 1. The summed E-state index contributed by atoms with van der Waals surface area (Å²) in [6, 6.07) is 0. The number of imidazole rings is 1. The molecule has 5 nitrogen and oxygen atoms in total. The number of methoxy groups -OCH3 is 1. The monoisotopic (exact) mass is 280 g/mol. The lowest BCUT2D eigenvalue weighted by Gasteiger charge is -2.32. The zero-order valence-electron chi connectivity index (χ0n) is 11.4. The smallest absolute Gasteiger partial charge is 0.195 e. The Morgan fingerprint density at radius 2 is 2.26 bits per heavy atom. The number of hydrogen-bond donors (Lipinski definition) is 1. The third-order valence-electron chi connectivity index (χ3n) is 3.76. The SMILES string of the molecule is CNCc1c(N2CCC(OC)CC2)nc2sccn12. The Balaban J connectivity index is 1.87. The summed E-state index contributed by atoms with van der Waals surface area (Å²) in [5.74, 6) is 1.13. The van der Waals surface area contributed by atoms with E-state index in [0.717, 1.165) is 43.3 Å². The Morgan fingerprint density at radius 3 is 2.95 bits per heavy atom. The number of aromatic nitrogens is 2. The summed E-state index contributed by atoms with van der Waals surface area (Å²) in [5.41, 5.74) is 1.26. The molecule has 0 radical (unpaired) electrons. The lowest BCUT2D eigenvalue weighted by molar-refractivity contribution is 0.0818. The Bertz CT molecular complexity index is 542. The maximum absolute atomic E-state index is 5.43. The lowest BCUT2D eigenvalue weighted by atomic mass is 10.1. The lowest BCUT2D eigenvalue weighted by Crippen LogP contribution is -2.37. The van der Waals surface area contributed by atoms with Crippen molar-refractivity contribution in [2.75, 3.05) is 32.1 Å². The topological polar surface area (TPSA) is 41.8 Å². The fourth-order valence-electron chi connectivity index (χ4n) is 2.71. The van der Waals surface area contributed by atoms with E-state index >= 15 is 0 Å². The third kappa shape index (κ3) is 2.35. The Morgan fingerprint density at radius 1 is 1.47 bits per heavy atom. The van der Waals surface area contributed by atoms with Crippen LogP contribution in [0.4, 0.5) is 5.82 Å². The molecule has 19 heavy (non-hydrogen) atoms. The van der Waals surface area contributed by atoms with Gasteiger partial charge in [-0.25, -0.2) is 4.98 Å². The molecule has 0 saturated carbocycles. The van der Waals surface area contributed by atoms with Crippen LogP contribution in [0.3, 0.4) is 0 Å². The molecule has 2 aromatic heterocycles. The minimum Gasteiger partial charge on any atom is -0.381 e. The number of nitrogens with one attached hydrogen (secondary N) is 1. The van der Waals surface area contributed by atoms with Gasteiger partial charge in [-0.1, -0.05) is 0 Å². The summed E-state index contributed by atoms with van der Waals surface area (Å²) in [6.45, 7) is 2.90. The second-order valence-corrected chi connectivity index (χ2v) is 5.76. The largest absolute Gasteiger partial charge is 0.381 e. The zero-order chi connectivity index (χ0) is 13.2. The summed E-state index contributed by atoms with van der Waals surface area (Å²) >= 11 is 1.69. The molecular formula is C13H20N4OS. The molecule has 3 rings (SSSR count). The number of fused-ring (bicyclic) bond motifs is 1. The summed E-state index contributed by atoms with van der Waals surface area (Å²) < 4.78 is 7.63. The minimum atomic E-state index is 0.410. The molecule has 104 valence electrons. The van der Waals surface area contributed by atoms with Crippen molar-refractivity contribution in [2.45, 2.75) is 25.5 Å². The first-order valence-corrected chi connectivity index (χ1v) is 7.58. The van der Waals surface area contributed by atoms with Crippen LogP contribution in [-0.2, 0) is 11.3 Å². The van der Waals surface area contributed by atoms with Gasteiger partial charge in [0.15, 0.2) is 10.8 Å². The molecule has 1 aliphatic rings. The molecule has 3 heterocycles. The van der Waals surface area contributed by atoms with E-state index in [0.29, 0.717) is 6.10 Å². The van der Waals surface area contributed by atoms with Gasteiger partial charge < -0.3 is 15.0 Å². The van der Waals surface area contributed by atoms with Gasteiger partial charge in [-0.15, -0.1) is 11.3 Å². The van der Waals surface area contributed by atoms with Crippen LogP contribution in [0.1, 0.15) is 18.5 Å². The fourth-order valence-corrected chi connectivity index (χ4v) is 3.44. The van der Waals surface area contributed by atoms with Gasteiger partial charge in [0, 0.05) is 38.3 Å². The molecular weight excluding hydrogens is 260 g/mol. The first-order chi connectivity index (χ1) is 9.33. The molecule has 2 aromatic rings. The van der Waals surface area contributed by atoms with Crippen molar-refractivity contribution in [3.05, 3.63) is 17.3 Å². The normalized spacial score (nSPS) is 17.5. The second kappa shape index (κ2) is 5.48. The Hall–Kier alpha value is -1.11. The molecule has 0 bridgehead atoms. The molecule has 6 heteroatoms. The zero-order valence-corrected chi connectivity index (χ0v) is 12.2. The maximum atomic E-state index is 5.43. The highest BCUT2D eigenvalue weighted by Gasteiger charge is 2.24. The summed E-state index contributed by atoms with van der Waals surface area (Å²) in [6.07, 6.45) is 4.68. The Kier molecular flexibility index (Phi) is 3.72. The summed E-state index contributed by atoms with van der Waals surface area (Å²) in [4.78, 5) is 8.26. The highest BCUT2D eigenvalue weighted by Crippen LogP contribution is 2.27. The second-order valence-electron chi connectivity index (χ2n) is 4.89. The first-order valence-electron chi connectivity index (χ1n) is 6.70. The molecule has 1 aliphatic heterocycles. The fraction of sp³-hybridized carbons (Fsp3) is 0.615. The van der Waals surface area contributed by atoms with E-state index in [2.05, 4.69) is 26.2 Å². The van der Waals surface area contributed by atoms with Crippen LogP contribution in [0.25, 0.3) is 4.96 Å². The molecule has 0 spiro atoms. The predicted octanol–water partition coefficient (Wildman–Crippen LogP) is 1.73. The van der Waals surface area contributed by atoms with E-state index in [9.17, 15) is 0 Å². The maximum Gasteiger partial charge on any atom is 0.195 e. The van der Waals surface area contributed by atoms with E-state index in [1.807, 2.05) is 7.05 Å². The molecule has 1 fully saturated rings. The van der Waals surface area contributed by atoms with Gasteiger partial charge in [0.25, 0.3) is 0 Å². The van der Waals surface area contributed by atoms with Gasteiger partial charge in [-0.2, -0.15) is 0 Å².